The highest BCUT2D eigenvalue weighted by Crippen LogP contribution is 2.37. The molecule has 3 rings (SSSR count). The molecule has 0 aliphatic rings. The van der Waals surface area contributed by atoms with E-state index in [0.717, 1.165) is 28.0 Å². The zero-order chi connectivity index (χ0) is 14.3. The standard InChI is InChI=1S/C15H18N4O/c1-8(2)11-7-16-14-10(15-17-9(3)18-19-15)5-6-12(20-4)13(11)14/h5-8,16H,1-4H3,(H,17,18,19). The van der Waals surface area contributed by atoms with E-state index >= 15 is 0 Å². The number of aryl methyl sites for hydroxylation is 1. The monoisotopic (exact) mass is 270 g/mol. The van der Waals surface area contributed by atoms with Crippen LogP contribution in [0.5, 0.6) is 5.75 Å². The zero-order valence-corrected chi connectivity index (χ0v) is 12.1. The van der Waals surface area contributed by atoms with E-state index in [4.69, 9.17) is 4.74 Å². The van der Waals surface area contributed by atoms with Crippen molar-refractivity contribution in [3.63, 3.8) is 0 Å². The lowest BCUT2D eigenvalue weighted by atomic mass is 10.00. The lowest BCUT2D eigenvalue weighted by Crippen LogP contribution is -1.91. The zero-order valence-electron chi connectivity index (χ0n) is 12.1. The molecule has 1 aromatic carbocycles. The van der Waals surface area contributed by atoms with Gasteiger partial charge in [-0.2, -0.15) is 5.10 Å². The summed E-state index contributed by atoms with van der Waals surface area (Å²) in [4.78, 5) is 7.76. The van der Waals surface area contributed by atoms with Crippen LogP contribution < -0.4 is 4.74 Å². The van der Waals surface area contributed by atoms with Gasteiger partial charge in [0.15, 0.2) is 5.82 Å². The minimum atomic E-state index is 0.418. The number of ether oxygens (including phenoxy) is 1. The molecule has 0 amide bonds. The summed E-state index contributed by atoms with van der Waals surface area (Å²) in [6.45, 7) is 6.24. The third kappa shape index (κ3) is 1.86. The van der Waals surface area contributed by atoms with Crippen molar-refractivity contribution >= 4 is 10.9 Å². The number of rotatable bonds is 3. The first-order chi connectivity index (χ1) is 9.61. The Morgan fingerprint density at radius 1 is 1.25 bits per heavy atom. The first kappa shape index (κ1) is 12.7. The van der Waals surface area contributed by atoms with Gasteiger partial charge in [0, 0.05) is 17.1 Å². The minimum absolute atomic E-state index is 0.418. The van der Waals surface area contributed by atoms with E-state index in [2.05, 4.69) is 34.0 Å². The molecule has 104 valence electrons. The number of hydrogen-bond donors (Lipinski definition) is 2. The molecule has 0 fully saturated rings. The van der Waals surface area contributed by atoms with Gasteiger partial charge in [0.1, 0.15) is 11.6 Å². The van der Waals surface area contributed by atoms with Crippen molar-refractivity contribution in [3.05, 3.63) is 29.7 Å². The Labute approximate surface area is 117 Å². The van der Waals surface area contributed by atoms with Crippen LogP contribution in [-0.2, 0) is 0 Å². The van der Waals surface area contributed by atoms with Crippen molar-refractivity contribution in [3.8, 4) is 17.1 Å². The number of hydrogen-bond acceptors (Lipinski definition) is 3. The maximum Gasteiger partial charge on any atom is 0.183 e. The highest BCUT2D eigenvalue weighted by atomic mass is 16.5. The van der Waals surface area contributed by atoms with E-state index in [1.165, 1.54) is 5.56 Å². The average Bonchev–Trinajstić information content (AvgIpc) is 3.04. The Morgan fingerprint density at radius 2 is 2.05 bits per heavy atom. The van der Waals surface area contributed by atoms with Crippen LogP contribution in [-0.4, -0.2) is 27.3 Å². The third-order valence-corrected chi connectivity index (χ3v) is 3.51. The molecule has 0 saturated heterocycles. The maximum absolute atomic E-state index is 5.50. The van der Waals surface area contributed by atoms with Gasteiger partial charge in [-0.25, -0.2) is 4.98 Å². The molecule has 0 radical (unpaired) electrons. The van der Waals surface area contributed by atoms with E-state index in [0.29, 0.717) is 11.7 Å². The number of H-pyrrole nitrogens is 2. The van der Waals surface area contributed by atoms with Crippen molar-refractivity contribution in [1.82, 2.24) is 20.2 Å². The fourth-order valence-corrected chi connectivity index (χ4v) is 2.52. The van der Waals surface area contributed by atoms with Gasteiger partial charge in [0.2, 0.25) is 0 Å². The maximum atomic E-state index is 5.50. The lowest BCUT2D eigenvalue weighted by molar-refractivity contribution is 0.419. The number of nitrogens with zero attached hydrogens (tertiary/aromatic N) is 2. The predicted molar refractivity (Wildman–Crippen MR) is 79.1 cm³/mol. The lowest BCUT2D eigenvalue weighted by Gasteiger charge is -2.09. The average molecular weight is 270 g/mol. The van der Waals surface area contributed by atoms with Crippen LogP contribution in [0.2, 0.25) is 0 Å². The number of aromatic nitrogens is 4. The van der Waals surface area contributed by atoms with Gasteiger partial charge in [0.25, 0.3) is 0 Å². The second-order valence-electron chi connectivity index (χ2n) is 5.21. The summed E-state index contributed by atoms with van der Waals surface area (Å²) >= 11 is 0. The van der Waals surface area contributed by atoms with Crippen molar-refractivity contribution in [2.24, 2.45) is 0 Å². The summed E-state index contributed by atoms with van der Waals surface area (Å²) in [5.74, 6) is 2.80. The van der Waals surface area contributed by atoms with Gasteiger partial charge >= 0.3 is 0 Å². The SMILES string of the molecule is COc1ccc(-c2n[nH]c(C)n2)c2[nH]cc(C(C)C)c12. The summed E-state index contributed by atoms with van der Waals surface area (Å²) in [5.41, 5.74) is 3.25. The molecule has 0 aliphatic carbocycles. The number of methoxy groups -OCH3 is 1. The van der Waals surface area contributed by atoms with Crippen LogP contribution in [0, 0.1) is 6.92 Å². The summed E-state index contributed by atoms with van der Waals surface area (Å²) in [5, 5.41) is 8.25. The quantitative estimate of drug-likeness (QED) is 0.766. The largest absolute Gasteiger partial charge is 0.496 e. The molecule has 0 aliphatic heterocycles. The molecular weight excluding hydrogens is 252 g/mol. The van der Waals surface area contributed by atoms with Gasteiger partial charge in [-0.1, -0.05) is 13.8 Å². The van der Waals surface area contributed by atoms with Crippen LogP contribution in [0.1, 0.15) is 31.2 Å². The Balaban J connectivity index is 2.31. The Kier molecular flexibility index (Phi) is 2.97. The van der Waals surface area contributed by atoms with Gasteiger partial charge in [-0.15, -0.1) is 0 Å². The summed E-state index contributed by atoms with van der Waals surface area (Å²) < 4.78 is 5.50. The van der Waals surface area contributed by atoms with Gasteiger partial charge in [-0.3, -0.25) is 5.10 Å². The van der Waals surface area contributed by atoms with E-state index in [-0.39, 0.29) is 0 Å². The predicted octanol–water partition coefficient (Wildman–Crippen LogP) is 3.39. The highest BCUT2D eigenvalue weighted by Gasteiger charge is 2.17. The number of nitrogens with one attached hydrogen (secondary N) is 2. The second-order valence-corrected chi connectivity index (χ2v) is 5.21. The Bertz CT molecular complexity index is 754. The molecule has 0 atom stereocenters. The fourth-order valence-electron chi connectivity index (χ4n) is 2.52. The molecule has 0 spiro atoms. The Morgan fingerprint density at radius 3 is 2.65 bits per heavy atom. The molecule has 0 bridgehead atoms. The molecule has 2 aromatic heterocycles. The van der Waals surface area contributed by atoms with E-state index in [9.17, 15) is 0 Å². The van der Waals surface area contributed by atoms with Crippen LogP contribution in [0.4, 0.5) is 0 Å². The summed E-state index contributed by atoms with van der Waals surface area (Å²) in [7, 11) is 1.70. The minimum Gasteiger partial charge on any atom is -0.496 e. The van der Waals surface area contributed by atoms with Crippen molar-refractivity contribution in [2.45, 2.75) is 26.7 Å². The summed E-state index contributed by atoms with van der Waals surface area (Å²) in [6, 6.07) is 3.97. The molecule has 2 N–H and O–H groups in total. The van der Waals surface area contributed by atoms with Crippen LogP contribution >= 0.6 is 0 Å². The molecule has 2 heterocycles. The van der Waals surface area contributed by atoms with Gasteiger partial charge in [-0.05, 0) is 30.5 Å². The molecule has 0 saturated carbocycles. The van der Waals surface area contributed by atoms with Crippen molar-refractivity contribution < 1.29 is 4.74 Å². The normalized spacial score (nSPS) is 11.4. The van der Waals surface area contributed by atoms with Gasteiger partial charge < -0.3 is 9.72 Å². The molecule has 5 heteroatoms. The summed E-state index contributed by atoms with van der Waals surface area (Å²) in [6.07, 6.45) is 2.04. The molecule has 5 nitrogen and oxygen atoms in total. The van der Waals surface area contributed by atoms with Crippen LogP contribution in [0.3, 0.4) is 0 Å². The molecule has 20 heavy (non-hydrogen) atoms. The Hall–Kier alpha value is -2.30. The topological polar surface area (TPSA) is 66.6 Å². The first-order valence-electron chi connectivity index (χ1n) is 6.69. The molecular formula is C15H18N4O. The van der Waals surface area contributed by atoms with E-state index < -0.39 is 0 Å². The third-order valence-electron chi connectivity index (χ3n) is 3.51. The van der Waals surface area contributed by atoms with Crippen LogP contribution in [0.15, 0.2) is 18.3 Å². The number of benzene rings is 1. The van der Waals surface area contributed by atoms with E-state index in [1.54, 1.807) is 7.11 Å². The first-order valence-corrected chi connectivity index (χ1v) is 6.69. The van der Waals surface area contributed by atoms with Crippen molar-refractivity contribution in [1.29, 1.82) is 0 Å². The smallest absolute Gasteiger partial charge is 0.183 e. The van der Waals surface area contributed by atoms with E-state index in [1.807, 2.05) is 25.3 Å². The molecule has 0 unspecified atom stereocenters. The molecule has 3 aromatic rings. The number of aromatic amines is 2. The van der Waals surface area contributed by atoms with Gasteiger partial charge in [0.05, 0.1) is 12.6 Å². The fraction of sp³-hybridized carbons (Fsp3) is 0.333. The second kappa shape index (κ2) is 4.67. The van der Waals surface area contributed by atoms with Crippen molar-refractivity contribution in [2.75, 3.05) is 7.11 Å². The van der Waals surface area contributed by atoms with Crippen LogP contribution in [0.25, 0.3) is 22.3 Å². The number of fused-ring (bicyclic) bond motifs is 1. The highest BCUT2D eigenvalue weighted by molar-refractivity contribution is 5.99.